The maximum atomic E-state index is 8.22. The molecule has 0 saturated carbocycles. The Bertz CT molecular complexity index is 815. The van der Waals surface area contributed by atoms with E-state index in [2.05, 4.69) is 48.0 Å². The van der Waals surface area contributed by atoms with Gasteiger partial charge in [0.2, 0.25) is 5.69 Å². The second-order valence-corrected chi connectivity index (χ2v) is 6.35. The highest BCUT2D eigenvalue weighted by Gasteiger charge is 2.20. The van der Waals surface area contributed by atoms with Crippen LogP contribution in [0.25, 0.3) is 21.5 Å². The van der Waals surface area contributed by atoms with Gasteiger partial charge in [-0.2, -0.15) is 4.57 Å². The van der Waals surface area contributed by atoms with Crippen LogP contribution in [0.2, 0.25) is 0 Å². The first-order chi connectivity index (χ1) is 9.88. The average Bonchev–Trinajstić information content (AvgIpc) is 2.84. The van der Waals surface area contributed by atoms with Crippen molar-refractivity contribution in [1.29, 1.82) is 0 Å². The molecule has 2 heterocycles. The van der Waals surface area contributed by atoms with Gasteiger partial charge in [0.1, 0.15) is 7.05 Å². The lowest BCUT2D eigenvalue weighted by Gasteiger charge is -2.04. The summed E-state index contributed by atoms with van der Waals surface area (Å²) in [5, 5.41) is 0.860. The fourth-order valence-electron chi connectivity index (χ4n) is 2.41. The molecule has 0 atom stereocenters. The van der Waals surface area contributed by atoms with Crippen molar-refractivity contribution < 1.29 is 5.94 Å². The highest BCUT2D eigenvalue weighted by molar-refractivity contribution is 7.18. The van der Waals surface area contributed by atoms with Crippen molar-refractivity contribution in [2.75, 3.05) is 0 Å². The molecule has 0 unspecified atom stereocenters. The number of hydrogen-bond donors (Lipinski definition) is 0. The van der Waals surface area contributed by atoms with E-state index in [1.54, 1.807) is 11.3 Å². The van der Waals surface area contributed by atoms with Crippen LogP contribution >= 0.6 is 11.3 Å². The van der Waals surface area contributed by atoms with Gasteiger partial charge >= 0.3 is 0 Å². The number of aromatic nitrogens is 2. The van der Waals surface area contributed by atoms with E-state index in [1.165, 1.54) is 11.1 Å². The molecule has 102 valence electrons. The van der Waals surface area contributed by atoms with Crippen molar-refractivity contribution >= 4 is 21.6 Å². The topological polar surface area (TPSA) is 16.8 Å². The Kier molecular flexibility index (Phi) is 3.00. The molecule has 0 N–H and O–H groups in total. The lowest BCUT2D eigenvalue weighted by Crippen LogP contribution is -2.30. The molecule has 3 aromatic rings. The molecule has 2 aromatic heterocycles. The maximum Gasteiger partial charge on any atom is 0.239 e. The molecular formula is C17H19N2S+. The van der Waals surface area contributed by atoms with Crippen LogP contribution in [0.1, 0.15) is 31.7 Å². The smallest absolute Gasteiger partial charge is 0.234 e. The van der Waals surface area contributed by atoms with Crippen molar-refractivity contribution in [3.63, 3.8) is 0 Å². The lowest BCUT2D eigenvalue weighted by molar-refractivity contribution is -0.659. The molecule has 0 aliphatic carbocycles. The second-order valence-electron chi connectivity index (χ2n) is 5.32. The monoisotopic (exact) mass is 284 g/mol. The van der Waals surface area contributed by atoms with E-state index in [4.69, 9.17) is 6.35 Å². The predicted octanol–water partition coefficient (Wildman–Crippen LogP) is 4.22. The van der Waals surface area contributed by atoms with Gasteiger partial charge in [-0.1, -0.05) is 32.0 Å². The molecule has 0 amide bonds. The third kappa shape index (κ3) is 2.12. The minimum atomic E-state index is -0.661. The number of aryl methyl sites for hydroxylation is 2. The van der Waals surface area contributed by atoms with E-state index in [1.807, 2.05) is 20.9 Å². The number of benzene rings is 1. The summed E-state index contributed by atoms with van der Waals surface area (Å²) in [5.41, 5.74) is 4.55. The number of hydrogen-bond acceptors (Lipinski definition) is 2. The fraction of sp³-hybridized carbons (Fsp3) is 0.294. The number of fused-ring (bicyclic) bond motifs is 1. The lowest BCUT2D eigenvalue weighted by atomic mass is 10.0. The first-order valence-electron chi connectivity index (χ1n) is 7.23. The minimum absolute atomic E-state index is 0.661. The second kappa shape index (κ2) is 4.98. The van der Waals surface area contributed by atoms with E-state index >= 15 is 0 Å². The predicted molar refractivity (Wildman–Crippen MR) is 85.1 cm³/mol. The van der Waals surface area contributed by atoms with Gasteiger partial charge in [-0.05, 0) is 18.6 Å². The summed E-state index contributed by atoms with van der Waals surface area (Å²) >= 11 is 1.62. The Morgan fingerprint density at radius 2 is 2.00 bits per heavy atom. The van der Waals surface area contributed by atoms with Gasteiger partial charge in [0, 0.05) is 13.3 Å². The fourth-order valence-corrected chi connectivity index (χ4v) is 3.32. The number of pyridine rings is 1. The standard InChI is InChI=1S/C17H19N2S/c1-11(2)17-18-15-14(20-17)9-10-19(4)16(15)13-8-6-5-7-12(13)3/h5-11H,1-4H3/q+1/i11D. The zero-order valence-electron chi connectivity index (χ0n) is 13.3. The summed E-state index contributed by atoms with van der Waals surface area (Å²) in [4.78, 5) is 4.77. The van der Waals surface area contributed by atoms with Crippen LogP contribution in [0.5, 0.6) is 0 Å². The maximum absolute atomic E-state index is 8.22. The van der Waals surface area contributed by atoms with Crippen molar-refractivity contribution in [2.24, 2.45) is 7.05 Å². The van der Waals surface area contributed by atoms with Gasteiger partial charge in [-0.15, -0.1) is 11.3 Å². The third-order valence-corrected chi connectivity index (χ3v) is 4.75. The number of rotatable bonds is 2. The van der Waals surface area contributed by atoms with Crippen LogP contribution in [-0.4, -0.2) is 4.98 Å². The molecule has 3 heteroatoms. The Morgan fingerprint density at radius 3 is 2.70 bits per heavy atom. The Balaban J connectivity index is 2.34. The molecule has 0 fully saturated rings. The molecule has 0 saturated heterocycles. The van der Waals surface area contributed by atoms with Crippen molar-refractivity contribution in [3.05, 3.63) is 47.1 Å². The Morgan fingerprint density at radius 1 is 1.25 bits per heavy atom. The number of nitrogens with zero attached hydrogens (tertiary/aromatic N) is 2. The summed E-state index contributed by atoms with van der Waals surface area (Å²) in [6, 6.07) is 10.5. The van der Waals surface area contributed by atoms with Gasteiger partial charge in [-0.3, -0.25) is 0 Å². The van der Waals surface area contributed by atoms with Crippen LogP contribution in [0, 0.1) is 6.92 Å². The van der Waals surface area contributed by atoms with E-state index in [0.717, 1.165) is 20.9 Å². The zero-order valence-corrected chi connectivity index (χ0v) is 13.1. The first-order valence-corrected chi connectivity index (χ1v) is 7.55. The van der Waals surface area contributed by atoms with Crippen molar-refractivity contribution in [1.82, 2.24) is 4.98 Å². The van der Waals surface area contributed by atoms with Gasteiger partial charge in [0.05, 0.1) is 15.3 Å². The molecule has 0 bridgehead atoms. The molecule has 1 aromatic carbocycles. The van der Waals surface area contributed by atoms with Crippen LogP contribution in [0.4, 0.5) is 0 Å². The summed E-state index contributed by atoms with van der Waals surface area (Å²) in [5.74, 6) is -0.661. The summed E-state index contributed by atoms with van der Waals surface area (Å²) in [6.45, 7) is 5.90. The van der Waals surface area contributed by atoms with Crippen LogP contribution < -0.4 is 4.57 Å². The first kappa shape index (κ1) is 12.0. The van der Waals surface area contributed by atoms with E-state index in [-0.39, 0.29) is 0 Å². The quantitative estimate of drug-likeness (QED) is 0.644. The average molecular weight is 284 g/mol. The largest absolute Gasteiger partial charge is 0.239 e. The highest BCUT2D eigenvalue weighted by Crippen LogP contribution is 2.32. The highest BCUT2D eigenvalue weighted by atomic mass is 32.1. The molecular weight excluding hydrogens is 264 g/mol. The van der Waals surface area contributed by atoms with Crippen LogP contribution in [0.15, 0.2) is 36.5 Å². The van der Waals surface area contributed by atoms with Crippen LogP contribution in [0.3, 0.4) is 0 Å². The summed E-state index contributed by atoms with van der Waals surface area (Å²) in [7, 11) is 2.05. The summed E-state index contributed by atoms with van der Waals surface area (Å²) in [6.07, 6.45) is 2.07. The number of thiazole rings is 1. The van der Waals surface area contributed by atoms with E-state index in [9.17, 15) is 0 Å². The molecule has 0 radical (unpaired) electrons. The summed E-state index contributed by atoms with van der Waals surface area (Å²) < 4.78 is 11.5. The van der Waals surface area contributed by atoms with E-state index in [0.29, 0.717) is 0 Å². The molecule has 20 heavy (non-hydrogen) atoms. The van der Waals surface area contributed by atoms with Gasteiger partial charge in [0.25, 0.3) is 0 Å². The van der Waals surface area contributed by atoms with E-state index < -0.39 is 5.89 Å². The van der Waals surface area contributed by atoms with Crippen LogP contribution in [-0.2, 0) is 7.05 Å². The third-order valence-electron chi connectivity index (χ3n) is 3.51. The normalized spacial score (nSPS) is 12.7. The molecule has 0 spiro atoms. The Labute approximate surface area is 125 Å². The molecule has 2 nitrogen and oxygen atoms in total. The van der Waals surface area contributed by atoms with Crippen molar-refractivity contribution in [3.8, 4) is 11.3 Å². The molecule has 0 aliphatic rings. The van der Waals surface area contributed by atoms with Crippen molar-refractivity contribution in [2.45, 2.75) is 26.7 Å². The zero-order chi connectivity index (χ0) is 15.2. The van der Waals surface area contributed by atoms with Gasteiger partial charge in [0.15, 0.2) is 11.7 Å². The minimum Gasteiger partial charge on any atom is -0.234 e. The van der Waals surface area contributed by atoms with Gasteiger partial charge < -0.3 is 0 Å². The molecule has 0 aliphatic heterocycles. The Hall–Kier alpha value is -1.74. The van der Waals surface area contributed by atoms with Gasteiger partial charge in [-0.25, -0.2) is 4.98 Å². The SMILES string of the molecule is [2H]C(C)(C)c1nc2c(-c3ccccc3C)[n+](C)ccc2s1. The molecule has 3 rings (SSSR count).